The maximum absolute atomic E-state index is 15.0. The minimum Gasteiger partial charge on any atom is -0.490 e. The Labute approximate surface area is 202 Å². The Kier molecular flexibility index (Phi) is 6.32. The number of fused-ring (bicyclic) bond motifs is 1. The zero-order chi connectivity index (χ0) is 26.3. The van der Waals surface area contributed by atoms with E-state index in [0.717, 1.165) is 4.90 Å². The number of imide groups is 1. The second-order valence-electron chi connectivity index (χ2n) is 8.87. The number of amides is 3. The van der Waals surface area contributed by atoms with Crippen molar-refractivity contribution in [2.75, 3.05) is 0 Å². The van der Waals surface area contributed by atoms with Crippen LogP contribution in [0, 0.1) is 0 Å². The van der Waals surface area contributed by atoms with Crippen molar-refractivity contribution in [2.24, 2.45) is 0 Å². The smallest absolute Gasteiger partial charge is 0.334 e. The van der Waals surface area contributed by atoms with Gasteiger partial charge in [-0.05, 0) is 56.0 Å². The van der Waals surface area contributed by atoms with Gasteiger partial charge in [0.2, 0.25) is 17.6 Å². The number of hydrogen-bond donors (Lipinski definition) is 1. The Morgan fingerprint density at radius 1 is 1.23 bits per heavy atom. The van der Waals surface area contributed by atoms with E-state index in [2.05, 4.69) is 5.32 Å². The van der Waals surface area contributed by atoms with Gasteiger partial charge in [0.05, 0.1) is 13.0 Å². The number of Topliss-reactive ketones (excluding diaryl/α,β-unsaturated/α-hetero) is 1. The predicted molar refractivity (Wildman–Crippen MR) is 122 cm³/mol. The summed E-state index contributed by atoms with van der Waals surface area (Å²) in [6.07, 6.45) is -0.928. The number of carbonyl (C=O) groups excluding carboxylic acids is 4. The third kappa shape index (κ3) is 4.94. The zero-order valence-corrected chi connectivity index (χ0v) is 19.4. The van der Waals surface area contributed by atoms with Crippen LogP contribution in [-0.4, -0.2) is 40.5 Å². The van der Waals surface area contributed by atoms with Gasteiger partial charge in [-0.25, -0.2) is 0 Å². The van der Waals surface area contributed by atoms with Crippen molar-refractivity contribution < 1.29 is 34.1 Å². The molecule has 35 heavy (non-hydrogen) atoms. The normalized spacial score (nSPS) is 20.5. The lowest BCUT2D eigenvalue weighted by Gasteiger charge is -2.29. The first kappa shape index (κ1) is 23.1. The number of carbonyl (C=O) groups is 4. The van der Waals surface area contributed by atoms with Crippen molar-refractivity contribution in [3.63, 3.8) is 0 Å². The molecule has 3 amide bonds. The molecule has 1 unspecified atom stereocenters. The van der Waals surface area contributed by atoms with Gasteiger partial charge in [-0.1, -0.05) is 24.3 Å². The fraction of sp³-hybridized carbons (Fsp3) is 0.385. The van der Waals surface area contributed by atoms with Gasteiger partial charge in [0.15, 0.2) is 0 Å². The lowest BCUT2D eigenvalue weighted by atomic mass is 9.97. The van der Waals surface area contributed by atoms with Crippen LogP contribution in [-0.2, 0) is 33.3 Å². The molecule has 2 aliphatic heterocycles. The molecule has 0 aliphatic carbocycles. The number of piperidine rings is 1. The number of benzene rings is 2. The van der Waals surface area contributed by atoms with Crippen molar-refractivity contribution in [2.45, 2.75) is 64.1 Å². The van der Waals surface area contributed by atoms with Crippen LogP contribution in [0.25, 0.3) is 0 Å². The first-order valence-electron chi connectivity index (χ1n) is 11.9. The van der Waals surface area contributed by atoms with Crippen molar-refractivity contribution in [3.8, 4) is 5.75 Å². The van der Waals surface area contributed by atoms with Gasteiger partial charge < -0.3 is 9.64 Å². The van der Waals surface area contributed by atoms with Crippen LogP contribution >= 0.6 is 0 Å². The third-order valence-corrected chi connectivity index (χ3v) is 5.98. The average molecular weight is 486 g/mol. The summed E-state index contributed by atoms with van der Waals surface area (Å²) in [4.78, 5) is 50.3. The number of alkyl halides is 2. The highest BCUT2D eigenvalue weighted by Crippen LogP contribution is 2.37. The van der Waals surface area contributed by atoms with Crippen LogP contribution in [0.2, 0.25) is 0 Å². The van der Waals surface area contributed by atoms with Crippen LogP contribution in [0.5, 0.6) is 5.75 Å². The molecule has 7 nitrogen and oxygen atoms in total. The van der Waals surface area contributed by atoms with E-state index in [-0.39, 0.29) is 37.7 Å². The zero-order valence-electron chi connectivity index (χ0n) is 20.4. The highest BCUT2D eigenvalue weighted by molar-refractivity contribution is 6.05. The van der Waals surface area contributed by atoms with Crippen LogP contribution in [0.15, 0.2) is 42.5 Å². The number of halogens is 2. The van der Waals surface area contributed by atoms with Gasteiger partial charge in [-0.2, -0.15) is 8.78 Å². The van der Waals surface area contributed by atoms with Gasteiger partial charge in [0, 0.05) is 24.9 Å². The summed E-state index contributed by atoms with van der Waals surface area (Å²) in [6.45, 7) is 3.38. The van der Waals surface area contributed by atoms with E-state index in [1.165, 1.54) is 24.3 Å². The summed E-state index contributed by atoms with van der Waals surface area (Å²) in [7, 11) is 0. The molecule has 184 valence electrons. The molecule has 1 atom stereocenters. The van der Waals surface area contributed by atoms with Gasteiger partial charge in [-0.3, -0.25) is 24.5 Å². The Bertz CT molecular complexity index is 1250. The number of ketones is 1. The van der Waals surface area contributed by atoms with Crippen LogP contribution in [0.3, 0.4) is 0 Å². The number of nitrogens with one attached hydrogen (secondary N) is 1. The standard InChI is InChI=1S/C26H26F2N2O5/c1-15(2)35-21-6-4-3-5-19(21)26(27,28)22(31)11-8-16-7-9-18-17(13-16)14-30(25(18)34)20-10-12-23(32)29-24(20)33/h3-7,9,13,15,20H,8,10-12,14H2,1-2H3,(H,29,32,33)/i20D. The molecule has 2 heterocycles. The van der Waals surface area contributed by atoms with Crippen LogP contribution in [0.1, 0.15) is 61.5 Å². The molecule has 0 aromatic heterocycles. The third-order valence-electron chi connectivity index (χ3n) is 5.98. The van der Waals surface area contributed by atoms with Gasteiger partial charge >= 0.3 is 5.92 Å². The molecule has 2 aliphatic rings. The second-order valence-corrected chi connectivity index (χ2v) is 8.87. The number of nitrogens with zero attached hydrogens (tertiary/aromatic N) is 1. The van der Waals surface area contributed by atoms with Gasteiger partial charge in [0.1, 0.15) is 11.8 Å². The van der Waals surface area contributed by atoms with Gasteiger partial charge in [-0.15, -0.1) is 0 Å². The summed E-state index contributed by atoms with van der Waals surface area (Å²) in [6, 6.07) is 8.37. The monoisotopic (exact) mass is 485 g/mol. The Hall–Kier alpha value is -3.62. The van der Waals surface area contributed by atoms with E-state index < -0.39 is 47.4 Å². The molecule has 2 aromatic carbocycles. The maximum Gasteiger partial charge on any atom is 0.334 e. The molecule has 2 aromatic rings. The molecule has 4 rings (SSSR count). The quantitative estimate of drug-likeness (QED) is 0.578. The Morgan fingerprint density at radius 3 is 2.69 bits per heavy atom. The highest BCUT2D eigenvalue weighted by Gasteiger charge is 2.43. The lowest BCUT2D eigenvalue weighted by molar-refractivity contribution is -0.144. The maximum atomic E-state index is 15.0. The Balaban J connectivity index is 1.47. The number of rotatable bonds is 8. The van der Waals surface area contributed by atoms with E-state index in [1.807, 2.05) is 0 Å². The second kappa shape index (κ2) is 9.56. The van der Waals surface area contributed by atoms with E-state index in [0.29, 0.717) is 16.7 Å². The molecule has 0 radical (unpaired) electrons. The molecule has 0 spiro atoms. The molecular weight excluding hydrogens is 458 g/mol. The largest absolute Gasteiger partial charge is 0.490 e. The van der Waals surface area contributed by atoms with Gasteiger partial charge in [0.25, 0.3) is 5.91 Å². The summed E-state index contributed by atoms with van der Waals surface area (Å²) in [5.41, 5.74) is 0.917. The number of para-hydroxylation sites is 1. The Morgan fingerprint density at radius 2 is 1.97 bits per heavy atom. The summed E-state index contributed by atoms with van der Waals surface area (Å²) in [5.74, 6) is -6.89. The van der Waals surface area contributed by atoms with E-state index in [1.54, 1.807) is 32.0 Å². The minimum absolute atomic E-state index is 0.0180. The highest BCUT2D eigenvalue weighted by atomic mass is 19.3. The molecule has 0 bridgehead atoms. The first-order chi connectivity index (χ1) is 16.9. The molecule has 1 saturated heterocycles. The van der Waals surface area contributed by atoms with Crippen molar-refractivity contribution in [1.29, 1.82) is 0 Å². The molecular formula is C26H26F2N2O5. The minimum atomic E-state index is -3.74. The molecule has 9 heteroatoms. The summed E-state index contributed by atoms with van der Waals surface area (Å²) >= 11 is 0. The van der Waals surface area contributed by atoms with Crippen LogP contribution < -0.4 is 10.1 Å². The topological polar surface area (TPSA) is 92.8 Å². The molecule has 1 N–H and O–H groups in total. The summed E-state index contributed by atoms with van der Waals surface area (Å²) < 4.78 is 44.0. The lowest BCUT2D eigenvalue weighted by Crippen LogP contribution is -2.52. The molecule has 0 saturated carbocycles. The first-order valence-corrected chi connectivity index (χ1v) is 11.4. The summed E-state index contributed by atoms with van der Waals surface area (Å²) in [5, 5.41) is 2.10. The van der Waals surface area contributed by atoms with E-state index in [4.69, 9.17) is 6.11 Å². The van der Waals surface area contributed by atoms with E-state index in [9.17, 15) is 19.2 Å². The van der Waals surface area contributed by atoms with Crippen molar-refractivity contribution in [1.82, 2.24) is 10.2 Å². The predicted octanol–water partition coefficient (Wildman–Crippen LogP) is 3.53. The fourth-order valence-corrected chi connectivity index (χ4v) is 4.26. The number of aryl methyl sites for hydroxylation is 1. The fourth-order valence-electron chi connectivity index (χ4n) is 4.26. The average Bonchev–Trinajstić information content (AvgIpc) is 3.16. The number of ether oxygens (including phenoxy) is 1. The SMILES string of the molecule is [2H]C1(N2Cc3cc(CCC(=O)C(F)(F)c4ccccc4OC(C)C)ccc3C2=O)CCC(=O)NC1=O. The number of hydrogen-bond acceptors (Lipinski definition) is 5. The molecule has 1 fully saturated rings. The van der Waals surface area contributed by atoms with Crippen molar-refractivity contribution in [3.05, 3.63) is 64.7 Å². The van der Waals surface area contributed by atoms with Crippen LogP contribution in [0.4, 0.5) is 8.78 Å². The van der Waals surface area contributed by atoms with E-state index >= 15 is 8.78 Å². The van der Waals surface area contributed by atoms with Crippen molar-refractivity contribution >= 4 is 23.5 Å².